The number of hydrogen-bond donors (Lipinski definition) is 1. The van der Waals surface area contributed by atoms with Gasteiger partial charge in [-0.05, 0) is 94.0 Å². The second-order valence-electron chi connectivity index (χ2n) is 15.5. The molecular weight excluding hydrogens is 592 g/mol. The van der Waals surface area contributed by atoms with Crippen molar-refractivity contribution < 1.29 is 38.4 Å². The molecule has 1 amide bonds. The van der Waals surface area contributed by atoms with E-state index in [4.69, 9.17) is 18.9 Å². The lowest BCUT2D eigenvalue weighted by molar-refractivity contribution is -0.295. The molecule has 0 bridgehead atoms. The normalized spacial score (nSPS) is 38.8. The van der Waals surface area contributed by atoms with Gasteiger partial charge in [0, 0.05) is 44.7 Å². The van der Waals surface area contributed by atoms with E-state index in [-0.39, 0.29) is 48.3 Å². The summed E-state index contributed by atoms with van der Waals surface area (Å²) in [4.78, 5) is 48.7. The van der Waals surface area contributed by atoms with Gasteiger partial charge in [0.05, 0.1) is 24.4 Å². The van der Waals surface area contributed by atoms with E-state index in [1.165, 1.54) is 0 Å². The summed E-state index contributed by atoms with van der Waals surface area (Å²) in [5.74, 6) is -1.42. The van der Waals surface area contributed by atoms with Gasteiger partial charge in [-0.25, -0.2) is 0 Å². The number of likely N-dealkylation sites (N-methyl/N-ethyl adjacent to an activating group) is 3. The fourth-order valence-electron chi connectivity index (χ4n) is 7.76. The van der Waals surface area contributed by atoms with Crippen LogP contribution < -0.4 is 0 Å². The second-order valence-corrected chi connectivity index (χ2v) is 15.5. The van der Waals surface area contributed by atoms with E-state index in [9.17, 15) is 19.5 Å². The van der Waals surface area contributed by atoms with Gasteiger partial charge in [0.25, 0.3) is 0 Å². The Bertz CT molecular complexity index is 1060. The first kappa shape index (κ1) is 38.8. The van der Waals surface area contributed by atoms with Crippen LogP contribution in [-0.2, 0) is 33.3 Å². The maximum Gasteiger partial charge on any atom is 0.319 e. The number of ketones is 1. The standard InChI is InChI=1S/C34H62N4O8/c1-21-16-34(6,43-12)30(46-31-28(40)25(36(9)10)15-22(2)45-31)23(3)29(41)33(4,5)32(42)44-20-26(37(11)17-21)24-13-14-38(18-24)27(39)19-35(7)8/h21-26,28,30-31,40H,13-20H2,1-12H3/t21-,22-,23+,24-,25+,26-,28-,30-,31+,34-/m1/s1. The Morgan fingerprint density at radius 3 is 2.33 bits per heavy atom. The van der Waals surface area contributed by atoms with E-state index < -0.39 is 41.4 Å². The number of esters is 1. The third-order valence-corrected chi connectivity index (χ3v) is 10.5. The molecule has 0 aromatic carbocycles. The Labute approximate surface area is 277 Å². The molecule has 0 radical (unpaired) electrons. The van der Waals surface area contributed by atoms with Crippen LogP contribution in [0.2, 0.25) is 0 Å². The van der Waals surface area contributed by atoms with Crippen LogP contribution in [0.5, 0.6) is 0 Å². The number of carbonyl (C=O) groups excluding carboxylic acids is 3. The minimum Gasteiger partial charge on any atom is -0.463 e. The number of likely N-dealkylation sites (tertiary alicyclic amines) is 1. The van der Waals surface area contributed by atoms with Crippen molar-refractivity contribution in [2.45, 2.75) is 103 Å². The quantitative estimate of drug-likeness (QED) is 0.319. The van der Waals surface area contributed by atoms with Crippen molar-refractivity contribution in [3.63, 3.8) is 0 Å². The lowest BCUT2D eigenvalue weighted by Gasteiger charge is -2.47. The molecule has 1 N–H and O–H groups in total. The van der Waals surface area contributed by atoms with Crippen molar-refractivity contribution in [1.29, 1.82) is 0 Å². The highest BCUT2D eigenvalue weighted by molar-refractivity contribution is 6.04. The molecule has 266 valence electrons. The molecule has 0 aromatic heterocycles. The first-order valence-corrected chi connectivity index (χ1v) is 16.9. The molecule has 3 aliphatic heterocycles. The number of ether oxygens (including phenoxy) is 4. The summed E-state index contributed by atoms with van der Waals surface area (Å²) in [6.07, 6.45) is -0.944. The monoisotopic (exact) mass is 654 g/mol. The molecular formula is C34H62N4O8. The largest absolute Gasteiger partial charge is 0.463 e. The summed E-state index contributed by atoms with van der Waals surface area (Å²) in [5.41, 5.74) is -2.42. The SMILES string of the molecule is CO[C@]1(C)C[C@@H](C)CN(C)[C@@H]([C@@H]2CCN(C(=O)CN(C)C)C2)COC(=O)C(C)(C)C(=O)[C@H](C)[C@H]1O[C@@H]1O[C@H](C)C[C@H](N(C)C)[C@H]1O. The van der Waals surface area contributed by atoms with E-state index >= 15 is 0 Å². The van der Waals surface area contributed by atoms with E-state index in [0.29, 0.717) is 39.0 Å². The molecule has 0 spiro atoms. The van der Waals surface area contributed by atoms with Gasteiger partial charge in [-0.1, -0.05) is 13.8 Å². The molecule has 3 heterocycles. The van der Waals surface area contributed by atoms with E-state index in [1.807, 2.05) is 63.8 Å². The maximum absolute atomic E-state index is 14.2. The van der Waals surface area contributed by atoms with Crippen LogP contribution >= 0.6 is 0 Å². The molecule has 10 atom stereocenters. The van der Waals surface area contributed by atoms with Crippen LogP contribution in [0, 0.1) is 23.2 Å². The van der Waals surface area contributed by atoms with Gasteiger partial charge in [-0.3, -0.25) is 19.3 Å². The topological polar surface area (TPSA) is 121 Å². The van der Waals surface area contributed by atoms with Crippen LogP contribution in [0.4, 0.5) is 0 Å². The third kappa shape index (κ3) is 8.86. The molecule has 3 aliphatic rings. The first-order chi connectivity index (χ1) is 21.3. The second kappa shape index (κ2) is 15.7. The van der Waals surface area contributed by atoms with Crippen LogP contribution in [0.15, 0.2) is 0 Å². The average molecular weight is 655 g/mol. The van der Waals surface area contributed by atoms with Crippen LogP contribution in [-0.4, -0.2) is 160 Å². The smallest absolute Gasteiger partial charge is 0.319 e. The van der Waals surface area contributed by atoms with Crippen LogP contribution in [0.25, 0.3) is 0 Å². The maximum atomic E-state index is 14.2. The fraction of sp³-hybridized carbons (Fsp3) is 0.912. The first-order valence-electron chi connectivity index (χ1n) is 16.9. The Morgan fingerprint density at radius 1 is 1.09 bits per heavy atom. The highest BCUT2D eigenvalue weighted by atomic mass is 16.7. The summed E-state index contributed by atoms with van der Waals surface area (Å²) < 4.78 is 24.9. The summed E-state index contributed by atoms with van der Waals surface area (Å²) >= 11 is 0. The van der Waals surface area contributed by atoms with Crippen LogP contribution in [0.1, 0.15) is 60.8 Å². The zero-order valence-electron chi connectivity index (χ0n) is 30.4. The zero-order chi connectivity index (χ0) is 34.7. The molecule has 3 fully saturated rings. The van der Waals surface area contributed by atoms with Gasteiger partial charge in [0.2, 0.25) is 5.91 Å². The number of carbonyl (C=O) groups is 3. The lowest BCUT2D eigenvalue weighted by Crippen LogP contribution is -2.59. The Hall–Kier alpha value is -1.67. The molecule has 0 unspecified atom stereocenters. The van der Waals surface area contributed by atoms with Crippen molar-refractivity contribution >= 4 is 17.7 Å². The van der Waals surface area contributed by atoms with Crippen molar-refractivity contribution in [2.75, 3.05) is 75.1 Å². The lowest BCUT2D eigenvalue weighted by atomic mass is 9.74. The number of rotatable bonds is 7. The molecule has 46 heavy (non-hydrogen) atoms. The predicted molar refractivity (Wildman–Crippen MR) is 175 cm³/mol. The number of nitrogens with zero attached hydrogens (tertiary/aromatic N) is 4. The van der Waals surface area contributed by atoms with Crippen molar-refractivity contribution in [3.8, 4) is 0 Å². The van der Waals surface area contributed by atoms with Gasteiger partial charge in [-0.2, -0.15) is 0 Å². The number of amides is 1. The Kier molecular flexibility index (Phi) is 13.2. The van der Waals surface area contributed by atoms with E-state index in [2.05, 4.69) is 11.8 Å². The molecule has 3 rings (SSSR count). The Balaban J connectivity index is 1.95. The van der Waals surface area contributed by atoms with Gasteiger partial charge in [0.15, 0.2) is 12.1 Å². The molecule has 12 heteroatoms. The van der Waals surface area contributed by atoms with Gasteiger partial charge >= 0.3 is 5.97 Å². The zero-order valence-corrected chi connectivity index (χ0v) is 30.4. The summed E-state index contributed by atoms with van der Waals surface area (Å²) in [7, 11) is 11.2. The van der Waals surface area contributed by atoms with Gasteiger partial charge in [-0.15, -0.1) is 0 Å². The van der Waals surface area contributed by atoms with Crippen molar-refractivity contribution in [3.05, 3.63) is 0 Å². The number of aliphatic hydroxyl groups excluding tert-OH is 1. The highest BCUT2D eigenvalue weighted by Gasteiger charge is 2.51. The highest BCUT2D eigenvalue weighted by Crippen LogP contribution is 2.38. The van der Waals surface area contributed by atoms with E-state index in [0.717, 1.165) is 6.42 Å². The average Bonchev–Trinajstić information content (AvgIpc) is 3.45. The number of Topliss-reactive ketones (excluding diaryl/α,β-unsaturated/α-hetero) is 1. The summed E-state index contributed by atoms with van der Waals surface area (Å²) in [5, 5.41) is 11.3. The number of methoxy groups -OCH3 is 1. The van der Waals surface area contributed by atoms with Gasteiger partial charge in [0.1, 0.15) is 18.1 Å². The fourth-order valence-corrected chi connectivity index (χ4v) is 7.76. The van der Waals surface area contributed by atoms with Crippen molar-refractivity contribution in [2.24, 2.45) is 23.2 Å². The Morgan fingerprint density at radius 2 is 1.74 bits per heavy atom. The molecule has 0 aromatic rings. The minimum absolute atomic E-state index is 0.0890. The summed E-state index contributed by atoms with van der Waals surface area (Å²) in [6, 6.07) is -0.326. The van der Waals surface area contributed by atoms with Crippen molar-refractivity contribution in [1.82, 2.24) is 19.6 Å². The number of aliphatic hydroxyl groups is 1. The van der Waals surface area contributed by atoms with Gasteiger partial charge < -0.3 is 38.8 Å². The summed E-state index contributed by atoms with van der Waals surface area (Å²) in [6.45, 7) is 13.4. The van der Waals surface area contributed by atoms with E-state index in [1.54, 1.807) is 27.9 Å². The molecule has 0 saturated carbocycles. The minimum atomic E-state index is -1.46. The molecule has 0 aliphatic carbocycles. The predicted octanol–water partition coefficient (Wildman–Crippen LogP) is 1.73. The third-order valence-electron chi connectivity index (χ3n) is 10.5. The molecule has 3 saturated heterocycles. The number of cyclic esters (lactones) is 1. The number of hydrogen-bond acceptors (Lipinski definition) is 11. The van der Waals surface area contributed by atoms with Crippen LogP contribution in [0.3, 0.4) is 0 Å². The molecule has 12 nitrogen and oxygen atoms in total.